The zero-order valence-corrected chi connectivity index (χ0v) is 16.4. The Kier molecular flexibility index (Phi) is 10.4. The molecule has 0 saturated carbocycles. The largest absolute Gasteiger partial charge is 0.497 e. The van der Waals surface area contributed by atoms with Gasteiger partial charge < -0.3 is 14.2 Å². The number of aryl methyl sites for hydroxylation is 1. The van der Waals surface area contributed by atoms with Gasteiger partial charge in [-0.15, -0.1) is 0 Å². The highest BCUT2D eigenvalue weighted by molar-refractivity contribution is 5.78. The Balaban J connectivity index is 2.38. The molecule has 0 amide bonds. The topological polar surface area (TPSA) is 44.8 Å². The summed E-state index contributed by atoms with van der Waals surface area (Å²) in [7, 11) is 1.60. The van der Waals surface area contributed by atoms with E-state index in [2.05, 4.69) is 20.8 Å². The summed E-state index contributed by atoms with van der Waals surface area (Å²) in [5.41, 5.74) is 1.71. The van der Waals surface area contributed by atoms with Crippen LogP contribution in [0.25, 0.3) is 0 Å². The molecular weight excluding hydrogens is 316 g/mol. The van der Waals surface area contributed by atoms with E-state index in [1.165, 1.54) is 12.8 Å². The Labute approximate surface area is 152 Å². The van der Waals surface area contributed by atoms with Crippen LogP contribution in [0, 0.1) is 5.92 Å². The highest BCUT2D eigenvalue weighted by Crippen LogP contribution is 2.20. The standard InChI is InChI=1S/C21H34O4/c1-6-9-16(3)21(7-2)25-17(4)24-13-8-10-18-11-12-20(23-5)14-19(18)15-22/h11-12,14-17,21H,6-10,13H2,1-5H3. The van der Waals surface area contributed by atoms with Crippen molar-refractivity contribution in [3.05, 3.63) is 29.3 Å². The van der Waals surface area contributed by atoms with Crippen molar-refractivity contribution >= 4 is 6.29 Å². The van der Waals surface area contributed by atoms with Crippen LogP contribution in [0.3, 0.4) is 0 Å². The Morgan fingerprint density at radius 1 is 1.20 bits per heavy atom. The van der Waals surface area contributed by atoms with E-state index in [4.69, 9.17) is 14.2 Å². The molecule has 25 heavy (non-hydrogen) atoms. The van der Waals surface area contributed by atoms with Gasteiger partial charge in [0.05, 0.1) is 19.8 Å². The monoisotopic (exact) mass is 350 g/mol. The minimum atomic E-state index is -0.203. The fourth-order valence-electron chi connectivity index (χ4n) is 3.11. The highest BCUT2D eigenvalue weighted by Gasteiger charge is 2.18. The summed E-state index contributed by atoms with van der Waals surface area (Å²) >= 11 is 0. The molecule has 1 rings (SSSR count). The number of methoxy groups -OCH3 is 1. The lowest BCUT2D eigenvalue weighted by atomic mass is 9.97. The second-order valence-corrected chi connectivity index (χ2v) is 6.57. The fraction of sp³-hybridized carbons (Fsp3) is 0.667. The van der Waals surface area contributed by atoms with Crippen molar-refractivity contribution in [2.24, 2.45) is 5.92 Å². The predicted octanol–water partition coefficient (Wildman–Crippen LogP) is 5.03. The van der Waals surface area contributed by atoms with Crippen molar-refractivity contribution in [3.63, 3.8) is 0 Å². The third-order valence-corrected chi connectivity index (χ3v) is 4.57. The van der Waals surface area contributed by atoms with Crippen molar-refractivity contribution in [1.82, 2.24) is 0 Å². The first-order chi connectivity index (χ1) is 12.0. The highest BCUT2D eigenvalue weighted by atomic mass is 16.7. The van der Waals surface area contributed by atoms with Crippen LogP contribution in [0.1, 0.15) is 69.3 Å². The molecule has 0 aliphatic rings. The van der Waals surface area contributed by atoms with E-state index in [1.807, 2.05) is 19.1 Å². The SMILES string of the molecule is CCCC(C)C(CC)OC(C)OCCCc1ccc(OC)cc1C=O. The van der Waals surface area contributed by atoms with Crippen LogP contribution in [0.5, 0.6) is 5.75 Å². The lowest BCUT2D eigenvalue weighted by Crippen LogP contribution is -2.27. The van der Waals surface area contributed by atoms with Crippen LogP contribution in [0.4, 0.5) is 0 Å². The Morgan fingerprint density at radius 2 is 1.96 bits per heavy atom. The molecular formula is C21H34O4. The van der Waals surface area contributed by atoms with Gasteiger partial charge in [0.1, 0.15) is 12.0 Å². The molecule has 4 nitrogen and oxygen atoms in total. The van der Waals surface area contributed by atoms with E-state index in [9.17, 15) is 4.79 Å². The van der Waals surface area contributed by atoms with Gasteiger partial charge in [0.2, 0.25) is 0 Å². The summed E-state index contributed by atoms with van der Waals surface area (Å²) in [6, 6.07) is 5.60. The maximum absolute atomic E-state index is 11.2. The maximum Gasteiger partial charge on any atom is 0.155 e. The van der Waals surface area contributed by atoms with Crippen LogP contribution in [0.15, 0.2) is 18.2 Å². The zero-order chi connectivity index (χ0) is 18.7. The molecule has 0 radical (unpaired) electrons. The molecule has 0 aliphatic carbocycles. The first-order valence-electron chi connectivity index (χ1n) is 9.44. The Bertz CT molecular complexity index is 501. The average molecular weight is 350 g/mol. The molecule has 0 aliphatic heterocycles. The first kappa shape index (κ1) is 21.7. The van der Waals surface area contributed by atoms with Crippen molar-refractivity contribution in [2.75, 3.05) is 13.7 Å². The summed E-state index contributed by atoms with van der Waals surface area (Å²) in [4.78, 5) is 11.2. The second kappa shape index (κ2) is 12.0. The third kappa shape index (κ3) is 7.57. The zero-order valence-electron chi connectivity index (χ0n) is 16.4. The average Bonchev–Trinajstić information content (AvgIpc) is 2.63. The van der Waals surface area contributed by atoms with Gasteiger partial charge in [0.25, 0.3) is 0 Å². The summed E-state index contributed by atoms with van der Waals surface area (Å²) in [5.74, 6) is 1.26. The van der Waals surface area contributed by atoms with Gasteiger partial charge in [0.15, 0.2) is 6.29 Å². The van der Waals surface area contributed by atoms with E-state index in [1.54, 1.807) is 13.2 Å². The van der Waals surface area contributed by atoms with Gasteiger partial charge >= 0.3 is 0 Å². The quantitative estimate of drug-likeness (QED) is 0.284. The van der Waals surface area contributed by atoms with Crippen molar-refractivity contribution < 1.29 is 19.0 Å². The molecule has 142 valence electrons. The van der Waals surface area contributed by atoms with Crippen LogP contribution in [-0.4, -0.2) is 32.4 Å². The number of carbonyl (C=O) groups excluding carboxylic acids is 1. The lowest BCUT2D eigenvalue weighted by molar-refractivity contribution is -0.172. The number of ether oxygens (including phenoxy) is 3. The van der Waals surface area contributed by atoms with Crippen molar-refractivity contribution in [3.8, 4) is 5.75 Å². The molecule has 0 saturated heterocycles. The van der Waals surface area contributed by atoms with E-state index >= 15 is 0 Å². The van der Waals surface area contributed by atoms with Gasteiger partial charge in [-0.05, 0) is 56.2 Å². The number of carbonyl (C=O) groups is 1. The van der Waals surface area contributed by atoms with Gasteiger partial charge in [0, 0.05) is 5.56 Å². The van der Waals surface area contributed by atoms with Gasteiger partial charge in [-0.1, -0.05) is 33.3 Å². The first-order valence-corrected chi connectivity index (χ1v) is 9.44. The molecule has 3 atom stereocenters. The second-order valence-electron chi connectivity index (χ2n) is 6.57. The van der Waals surface area contributed by atoms with Crippen molar-refractivity contribution in [1.29, 1.82) is 0 Å². The minimum Gasteiger partial charge on any atom is -0.497 e. The lowest BCUT2D eigenvalue weighted by Gasteiger charge is -2.26. The Hall–Kier alpha value is -1.39. The Morgan fingerprint density at radius 3 is 2.56 bits per heavy atom. The van der Waals surface area contributed by atoms with Gasteiger partial charge in [-0.3, -0.25) is 4.79 Å². The maximum atomic E-state index is 11.2. The normalized spacial score (nSPS) is 14.8. The smallest absolute Gasteiger partial charge is 0.155 e. The van der Waals surface area contributed by atoms with E-state index < -0.39 is 0 Å². The van der Waals surface area contributed by atoms with Crippen LogP contribution >= 0.6 is 0 Å². The fourth-order valence-corrected chi connectivity index (χ4v) is 3.11. The van der Waals surface area contributed by atoms with Gasteiger partial charge in [-0.25, -0.2) is 0 Å². The molecule has 1 aromatic carbocycles. The molecule has 0 N–H and O–H groups in total. The molecule has 0 spiro atoms. The van der Waals surface area contributed by atoms with Gasteiger partial charge in [-0.2, -0.15) is 0 Å². The van der Waals surface area contributed by atoms with E-state index in [0.29, 0.717) is 23.8 Å². The molecule has 0 aromatic heterocycles. The van der Waals surface area contributed by atoms with Crippen LogP contribution in [0.2, 0.25) is 0 Å². The molecule has 4 heteroatoms. The number of benzene rings is 1. The van der Waals surface area contributed by atoms with E-state index in [0.717, 1.165) is 31.1 Å². The third-order valence-electron chi connectivity index (χ3n) is 4.57. The van der Waals surface area contributed by atoms with Crippen molar-refractivity contribution in [2.45, 2.75) is 72.2 Å². The number of aldehydes is 1. The summed E-state index contributed by atoms with van der Waals surface area (Å²) in [5, 5.41) is 0. The molecule has 0 bridgehead atoms. The molecule has 0 heterocycles. The number of hydrogen-bond acceptors (Lipinski definition) is 4. The minimum absolute atomic E-state index is 0.203. The summed E-state index contributed by atoms with van der Waals surface area (Å²) in [6.45, 7) is 9.19. The molecule has 3 unspecified atom stereocenters. The number of rotatable bonds is 13. The molecule has 1 aromatic rings. The molecule has 0 fully saturated rings. The summed E-state index contributed by atoms with van der Waals surface area (Å²) < 4.78 is 17.0. The predicted molar refractivity (Wildman–Crippen MR) is 101 cm³/mol. The van der Waals surface area contributed by atoms with Crippen LogP contribution < -0.4 is 4.74 Å². The van der Waals surface area contributed by atoms with E-state index in [-0.39, 0.29) is 12.4 Å². The number of hydrogen-bond donors (Lipinski definition) is 0. The van der Waals surface area contributed by atoms with Crippen LogP contribution in [-0.2, 0) is 15.9 Å². The summed E-state index contributed by atoms with van der Waals surface area (Å²) in [6.07, 6.45) is 5.93.